The zero-order valence-electron chi connectivity index (χ0n) is 13.8. The van der Waals surface area contributed by atoms with Gasteiger partial charge in [-0.2, -0.15) is 0 Å². The van der Waals surface area contributed by atoms with E-state index < -0.39 is 0 Å². The molecule has 3 aliphatic heterocycles. The van der Waals surface area contributed by atoms with Crippen molar-refractivity contribution >= 4 is 11.6 Å². The van der Waals surface area contributed by atoms with Crippen LogP contribution in [-0.2, 0) is 4.79 Å². The predicted molar refractivity (Wildman–Crippen MR) is 90.5 cm³/mol. The van der Waals surface area contributed by atoms with Crippen molar-refractivity contribution in [3.63, 3.8) is 0 Å². The zero-order chi connectivity index (χ0) is 16.4. The summed E-state index contributed by atoms with van der Waals surface area (Å²) in [5.41, 5.74) is 0.750. The highest BCUT2D eigenvalue weighted by Gasteiger charge is 2.26. The zero-order valence-corrected chi connectivity index (χ0v) is 13.8. The minimum atomic E-state index is 0.0184. The van der Waals surface area contributed by atoms with E-state index in [4.69, 9.17) is 9.47 Å². The van der Waals surface area contributed by atoms with Crippen LogP contribution in [0.4, 0.5) is 5.69 Å². The molecule has 1 atom stereocenters. The number of carbonyl (C=O) groups is 1. The Morgan fingerprint density at radius 2 is 2.04 bits per heavy atom. The number of nitrogens with zero attached hydrogens (tertiary/aromatic N) is 2. The number of hydrogen-bond acceptors (Lipinski definition) is 6. The first-order valence-corrected chi connectivity index (χ1v) is 8.64. The predicted octanol–water partition coefficient (Wildman–Crippen LogP) is 0.333. The van der Waals surface area contributed by atoms with Gasteiger partial charge in [0.2, 0.25) is 12.7 Å². The van der Waals surface area contributed by atoms with Gasteiger partial charge in [-0.1, -0.05) is 0 Å². The van der Waals surface area contributed by atoms with Crippen molar-refractivity contribution in [3.8, 4) is 11.5 Å². The van der Waals surface area contributed by atoms with Gasteiger partial charge in [-0.05, 0) is 25.1 Å². The average molecular weight is 332 g/mol. The van der Waals surface area contributed by atoms with Crippen molar-refractivity contribution in [1.29, 1.82) is 0 Å². The van der Waals surface area contributed by atoms with Crippen LogP contribution in [0, 0.1) is 0 Å². The highest BCUT2D eigenvalue weighted by atomic mass is 16.7. The fourth-order valence-electron chi connectivity index (χ4n) is 3.62. The van der Waals surface area contributed by atoms with Gasteiger partial charge in [0.05, 0.1) is 6.54 Å². The van der Waals surface area contributed by atoms with E-state index in [9.17, 15) is 4.79 Å². The third-order valence-corrected chi connectivity index (χ3v) is 4.98. The molecule has 1 aromatic carbocycles. The SMILES string of the molecule is O=C(CN1CCN(C2CCNC2)CC1)Nc1ccc2c(c1)OCO2. The Morgan fingerprint density at radius 3 is 2.83 bits per heavy atom. The van der Waals surface area contributed by atoms with Crippen molar-refractivity contribution < 1.29 is 14.3 Å². The number of nitrogens with one attached hydrogen (secondary N) is 2. The van der Waals surface area contributed by atoms with Crippen molar-refractivity contribution in [3.05, 3.63) is 18.2 Å². The first kappa shape index (κ1) is 15.7. The van der Waals surface area contributed by atoms with Gasteiger partial charge in [0, 0.05) is 50.5 Å². The lowest BCUT2D eigenvalue weighted by Gasteiger charge is -2.37. The maximum Gasteiger partial charge on any atom is 0.238 e. The van der Waals surface area contributed by atoms with E-state index in [1.54, 1.807) is 0 Å². The Morgan fingerprint density at radius 1 is 1.21 bits per heavy atom. The summed E-state index contributed by atoms with van der Waals surface area (Å²) in [5.74, 6) is 1.43. The van der Waals surface area contributed by atoms with Crippen molar-refractivity contribution in [2.45, 2.75) is 12.5 Å². The highest BCUT2D eigenvalue weighted by Crippen LogP contribution is 2.34. The summed E-state index contributed by atoms with van der Waals surface area (Å²) < 4.78 is 10.6. The maximum absolute atomic E-state index is 12.3. The second kappa shape index (κ2) is 6.96. The summed E-state index contributed by atoms with van der Waals surface area (Å²) in [6.07, 6.45) is 1.24. The number of piperazine rings is 1. The van der Waals surface area contributed by atoms with Gasteiger partial charge in [-0.15, -0.1) is 0 Å². The van der Waals surface area contributed by atoms with Crippen LogP contribution < -0.4 is 20.1 Å². The Labute approximate surface area is 141 Å². The lowest BCUT2D eigenvalue weighted by molar-refractivity contribution is -0.117. The van der Waals surface area contributed by atoms with Gasteiger partial charge in [0.1, 0.15) is 0 Å². The van der Waals surface area contributed by atoms with Gasteiger partial charge < -0.3 is 20.1 Å². The van der Waals surface area contributed by atoms with Gasteiger partial charge >= 0.3 is 0 Å². The van der Waals surface area contributed by atoms with E-state index in [0.29, 0.717) is 18.3 Å². The standard InChI is InChI=1S/C17H24N4O3/c22-17(19-13-1-2-15-16(9-13)24-12-23-15)11-20-5-7-21(8-6-20)14-3-4-18-10-14/h1-2,9,14,18H,3-8,10-12H2,(H,19,22). The monoisotopic (exact) mass is 332 g/mol. The smallest absolute Gasteiger partial charge is 0.238 e. The molecular formula is C17H24N4O3. The first-order valence-electron chi connectivity index (χ1n) is 8.64. The molecule has 0 bridgehead atoms. The fourth-order valence-corrected chi connectivity index (χ4v) is 3.62. The van der Waals surface area contributed by atoms with Crippen LogP contribution in [0.1, 0.15) is 6.42 Å². The van der Waals surface area contributed by atoms with Crippen LogP contribution in [0.15, 0.2) is 18.2 Å². The molecule has 0 aliphatic carbocycles. The number of carbonyl (C=O) groups excluding carboxylic acids is 1. The summed E-state index contributed by atoms with van der Waals surface area (Å²) in [4.78, 5) is 17.0. The molecule has 0 saturated carbocycles. The van der Waals surface area contributed by atoms with Crippen LogP contribution in [-0.4, -0.2) is 74.4 Å². The summed E-state index contributed by atoms with van der Waals surface area (Å²) >= 11 is 0. The molecule has 7 nitrogen and oxygen atoms in total. The molecule has 3 heterocycles. The highest BCUT2D eigenvalue weighted by molar-refractivity contribution is 5.92. The largest absolute Gasteiger partial charge is 0.454 e. The van der Waals surface area contributed by atoms with Crippen molar-refractivity contribution in [1.82, 2.24) is 15.1 Å². The molecule has 0 aromatic heterocycles. The molecule has 2 N–H and O–H groups in total. The first-order chi connectivity index (χ1) is 11.8. The minimum Gasteiger partial charge on any atom is -0.454 e. The number of anilines is 1. The quantitative estimate of drug-likeness (QED) is 0.829. The van der Waals surface area contributed by atoms with E-state index in [0.717, 1.165) is 50.7 Å². The number of ether oxygens (including phenoxy) is 2. The molecule has 1 aromatic rings. The molecule has 3 aliphatic rings. The number of hydrogen-bond donors (Lipinski definition) is 2. The molecule has 2 saturated heterocycles. The fraction of sp³-hybridized carbons (Fsp3) is 0.588. The Hall–Kier alpha value is -1.83. The number of rotatable bonds is 4. The summed E-state index contributed by atoms with van der Waals surface area (Å²) in [6, 6.07) is 6.16. The van der Waals surface area contributed by atoms with E-state index >= 15 is 0 Å². The molecule has 0 radical (unpaired) electrons. The third-order valence-electron chi connectivity index (χ3n) is 4.98. The molecule has 0 spiro atoms. The summed E-state index contributed by atoms with van der Waals surface area (Å²) in [7, 11) is 0. The molecule has 24 heavy (non-hydrogen) atoms. The van der Waals surface area contributed by atoms with E-state index in [1.807, 2.05) is 18.2 Å². The van der Waals surface area contributed by atoms with Crippen molar-refractivity contribution in [2.24, 2.45) is 0 Å². The maximum atomic E-state index is 12.3. The molecule has 130 valence electrons. The lowest BCUT2D eigenvalue weighted by atomic mass is 10.2. The van der Waals surface area contributed by atoms with Crippen LogP contribution in [0.25, 0.3) is 0 Å². The Kier molecular flexibility index (Phi) is 4.55. The molecule has 2 fully saturated rings. The summed E-state index contributed by atoms with van der Waals surface area (Å²) in [5, 5.41) is 6.37. The second-order valence-electron chi connectivity index (χ2n) is 6.57. The average Bonchev–Trinajstić information content (AvgIpc) is 3.26. The number of benzene rings is 1. The van der Waals surface area contributed by atoms with E-state index in [2.05, 4.69) is 20.4 Å². The van der Waals surface area contributed by atoms with Crippen LogP contribution in [0.2, 0.25) is 0 Å². The molecule has 1 unspecified atom stereocenters. The Balaban J connectivity index is 1.25. The van der Waals surface area contributed by atoms with Gasteiger partial charge in [0.15, 0.2) is 11.5 Å². The number of amides is 1. The summed E-state index contributed by atoms with van der Waals surface area (Å²) in [6.45, 7) is 6.90. The van der Waals surface area contributed by atoms with Gasteiger partial charge in [-0.3, -0.25) is 14.6 Å². The second-order valence-corrected chi connectivity index (χ2v) is 6.57. The topological polar surface area (TPSA) is 66.1 Å². The molecule has 1 amide bonds. The van der Waals surface area contributed by atoms with Crippen LogP contribution >= 0.6 is 0 Å². The normalized spacial score (nSPS) is 24.2. The molecule has 7 heteroatoms. The third kappa shape index (κ3) is 3.48. The van der Waals surface area contributed by atoms with E-state index in [-0.39, 0.29) is 12.7 Å². The molecular weight excluding hydrogens is 308 g/mol. The number of fused-ring (bicyclic) bond motifs is 1. The minimum absolute atomic E-state index is 0.0184. The molecule has 4 rings (SSSR count). The van der Waals surface area contributed by atoms with Crippen LogP contribution in [0.3, 0.4) is 0 Å². The van der Waals surface area contributed by atoms with Gasteiger partial charge in [-0.25, -0.2) is 0 Å². The van der Waals surface area contributed by atoms with Crippen molar-refractivity contribution in [2.75, 3.05) is 57.9 Å². The lowest BCUT2D eigenvalue weighted by Crippen LogP contribution is -2.52. The van der Waals surface area contributed by atoms with Crippen LogP contribution in [0.5, 0.6) is 11.5 Å². The van der Waals surface area contributed by atoms with E-state index in [1.165, 1.54) is 6.42 Å². The Bertz CT molecular complexity index is 595. The van der Waals surface area contributed by atoms with Gasteiger partial charge in [0.25, 0.3) is 0 Å².